The van der Waals surface area contributed by atoms with Crippen molar-refractivity contribution in [3.8, 4) is 0 Å². The fourth-order valence-electron chi connectivity index (χ4n) is 1.31. The number of unbranched alkanes of at least 4 members (excludes halogenated alkanes) is 1. The molecule has 0 fully saturated rings. The van der Waals surface area contributed by atoms with Crippen molar-refractivity contribution in [2.24, 2.45) is 0 Å². The average molecular weight is 427 g/mol. The van der Waals surface area contributed by atoms with E-state index < -0.39 is 31.1 Å². The molecule has 0 amide bonds. The van der Waals surface area contributed by atoms with E-state index in [1.54, 1.807) is 0 Å². The Morgan fingerprint density at radius 2 is 1.38 bits per heavy atom. The maximum Gasteiger partial charge on any atom is 1.00 e. The second-order valence-corrected chi connectivity index (χ2v) is 8.20. The molecule has 0 aliphatic carbocycles. The molecule has 7 nitrogen and oxygen atoms in total. The molecule has 26 heavy (non-hydrogen) atoms. The largest absolute Gasteiger partial charge is 1.00 e. The van der Waals surface area contributed by atoms with Crippen molar-refractivity contribution in [1.82, 2.24) is 9.80 Å². The molecule has 0 radical (unpaired) electrons. The van der Waals surface area contributed by atoms with Crippen LogP contribution in [0.4, 0.5) is 26.3 Å². The fourth-order valence-corrected chi connectivity index (χ4v) is 3.02. The minimum Gasteiger partial charge on any atom is -0.421 e. The van der Waals surface area contributed by atoms with Gasteiger partial charge in [-0.1, -0.05) is 13.3 Å². The van der Waals surface area contributed by atoms with Gasteiger partial charge < -0.3 is 13.9 Å². The second-order valence-electron chi connectivity index (χ2n) is 4.78. The smallest absolute Gasteiger partial charge is 0.421 e. The van der Waals surface area contributed by atoms with Crippen LogP contribution >= 0.6 is 0 Å². The number of hydrogen-bond donors (Lipinski definition) is 0. The maximum atomic E-state index is 11.4. The van der Waals surface area contributed by atoms with Crippen LogP contribution < -0.4 is 18.9 Å². The zero-order valence-electron chi connectivity index (χ0n) is 14.0. The van der Waals surface area contributed by atoms with Gasteiger partial charge >= 0.3 is 29.9 Å². The van der Waals surface area contributed by atoms with Crippen molar-refractivity contribution in [1.29, 1.82) is 0 Å². The molecule has 150 valence electrons. The predicted molar refractivity (Wildman–Crippen MR) is 76.7 cm³/mol. The second kappa shape index (κ2) is 10.1. The first-order valence-corrected chi connectivity index (χ1v) is 9.41. The van der Waals surface area contributed by atoms with Crippen molar-refractivity contribution >= 4 is 20.0 Å². The quantitative estimate of drug-likeness (QED) is 0.435. The summed E-state index contributed by atoms with van der Waals surface area (Å²) in [5, 5.41) is 0. The van der Waals surface area contributed by atoms with Gasteiger partial charge in [-0.2, -0.15) is 26.3 Å². The van der Waals surface area contributed by atoms with Gasteiger partial charge in [0.2, 0.25) is 0 Å². The number of rotatable bonds is 5. The van der Waals surface area contributed by atoms with Crippen molar-refractivity contribution in [2.75, 3.05) is 20.3 Å². The van der Waals surface area contributed by atoms with Crippen LogP contribution in [-0.4, -0.2) is 57.9 Å². The first kappa shape index (κ1) is 27.6. The van der Waals surface area contributed by atoms with Crippen molar-refractivity contribution in [3.63, 3.8) is 0 Å². The third kappa shape index (κ3) is 8.85. The molecule has 0 bridgehead atoms. The topological polar surface area (TPSA) is 88.9 Å². The molecule has 0 saturated carbocycles. The van der Waals surface area contributed by atoms with E-state index in [-0.39, 0.29) is 18.9 Å². The van der Waals surface area contributed by atoms with E-state index in [9.17, 15) is 43.2 Å². The van der Waals surface area contributed by atoms with E-state index in [2.05, 4.69) is 36.2 Å². The van der Waals surface area contributed by atoms with E-state index in [4.69, 9.17) is 0 Å². The Hall–Kier alpha value is -0.623. The molecular formula is C10H16F6LiN3O4S2. The van der Waals surface area contributed by atoms with E-state index >= 15 is 0 Å². The molecule has 1 rings (SSSR count). The summed E-state index contributed by atoms with van der Waals surface area (Å²) in [5.74, 6) is 0. The van der Waals surface area contributed by atoms with Gasteiger partial charge in [-0.3, -0.25) is 0 Å². The van der Waals surface area contributed by atoms with Gasteiger partial charge in [0, 0.05) is 26.0 Å². The molecule has 0 aromatic heterocycles. The van der Waals surface area contributed by atoms with Crippen LogP contribution in [0.2, 0.25) is 0 Å². The molecule has 1 heterocycles. The summed E-state index contributed by atoms with van der Waals surface area (Å²) in [7, 11) is -11.3. The zero-order valence-corrected chi connectivity index (χ0v) is 15.7. The standard InChI is InChI=1S/C8H16N2.C2F6NO4S2.Li/c1-3-4-5-10-7-6-9(2)8-10;3-1(4,5)14(10,11)9-15(12,13)2(6,7)8;/h6-7H,3-5,8H2,1-2H3;;/q;-1;+1. The Kier molecular flexibility index (Phi) is 10.7. The number of halogens is 6. The number of nitrogens with zero attached hydrogens (tertiary/aromatic N) is 3. The summed E-state index contributed by atoms with van der Waals surface area (Å²) in [6.07, 6.45) is 6.87. The van der Waals surface area contributed by atoms with E-state index in [1.165, 1.54) is 19.4 Å². The summed E-state index contributed by atoms with van der Waals surface area (Å²) in [4.78, 5) is 4.53. The summed E-state index contributed by atoms with van der Waals surface area (Å²) >= 11 is 0. The van der Waals surface area contributed by atoms with Crippen molar-refractivity contribution in [3.05, 3.63) is 16.5 Å². The Bertz CT molecular complexity index is 621. The Morgan fingerprint density at radius 1 is 0.962 bits per heavy atom. The van der Waals surface area contributed by atoms with E-state index in [0.29, 0.717) is 0 Å². The van der Waals surface area contributed by atoms with E-state index in [0.717, 1.165) is 10.8 Å². The molecule has 0 aromatic rings. The van der Waals surface area contributed by atoms with Crippen LogP contribution in [0.1, 0.15) is 19.8 Å². The fraction of sp³-hybridized carbons (Fsp3) is 0.800. The van der Waals surface area contributed by atoms with Crippen LogP contribution in [0, 0.1) is 0 Å². The number of alkyl halides is 6. The Morgan fingerprint density at radius 3 is 1.65 bits per heavy atom. The monoisotopic (exact) mass is 427 g/mol. The molecule has 0 unspecified atom stereocenters. The van der Waals surface area contributed by atoms with Gasteiger partial charge in [0.05, 0.1) is 6.67 Å². The normalized spacial score (nSPS) is 15.4. The number of hydrogen-bond acceptors (Lipinski definition) is 6. The molecular weight excluding hydrogens is 411 g/mol. The third-order valence-electron chi connectivity index (χ3n) is 2.52. The van der Waals surface area contributed by atoms with Gasteiger partial charge in [0.15, 0.2) is 20.0 Å². The first-order chi connectivity index (χ1) is 11.0. The van der Waals surface area contributed by atoms with Crippen LogP contribution in [-0.2, 0) is 20.0 Å². The van der Waals surface area contributed by atoms with Crippen LogP contribution in [0.25, 0.3) is 4.13 Å². The maximum absolute atomic E-state index is 11.4. The van der Waals surface area contributed by atoms with Gasteiger partial charge in [-0.25, -0.2) is 16.8 Å². The molecule has 0 aromatic carbocycles. The first-order valence-electron chi connectivity index (χ1n) is 6.53. The molecule has 0 N–H and O–H groups in total. The minimum absolute atomic E-state index is 0. The zero-order chi connectivity index (χ0) is 20.1. The molecule has 0 spiro atoms. The minimum atomic E-state index is -6.72. The van der Waals surface area contributed by atoms with Gasteiger partial charge in [0.25, 0.3) is 0 Å². The molecule has 0 saturated heterocycles. The van der Waals surface area contributed by atoms with Crippen molar-refractivity contribution < 1.29 is 62.0 Å². The number of sulfonamides is 2. The van der Waals surface area contributed by atoms with Crippen LogP contribution in [0.15, 0.2) is 12.4 Å². The molecule has 0 atom stereocenters. The Balaban J connectivity index is 0. The summed E-state index contributed by atoms with van der Waals surface area (Å²) in [6.45, 7) is 4.50. The average Bonchev–Trinajstić information content (AvgIpc) is 2.79. The summed E-state index contributed by atoms with van der Waals surface area (Å²) in [5.41, 5.74) is -12.4. The summed E-state index contributed by atoms with van der Waals surface area (Å²) < 4.78 is 109. The summed E-state index contributed by atoms with van der Waals surface area (Å²) in [6, 6.07) is 0. The Labute approximate surface area is 159 Å². The van der Waals surface area contributed by atoms with Gasteiger partial charge in [0.1, 0.15) is 0 Å². The van der Waals surface area contributed by atoms with E-state index in [1.807, 2.05) is 0 Å². The van der Waals surface area contributed by atoms with Crippen LogP contribution in [0.5, 0.6) is 0 Å². The van der Waals surface area contributed by atoms with Gasteiger partial charge in [-0.15, -0.1) is 0 Å². The third-order valence-corrected chi connectivity index (χ3v) is 5.26. The SMILES string of the molecule is CCCCN1C=CN(C)C1.O=S(=O)([N-]S(=O)(=O)C(F)(F)F)C(F)(F)F.[Li+]. The van der Waals surface area contributed by atoms with Gasteiger partial charge in [-0.05, 0) is 6.42 Å². The predicted octanol–water partition coefficient (Wildman–Crippen LogP) is -0.474. The molecule has 1 aliphatic heterocycles. The molecule has 16 heteroatoms. The van der Waals surface area contributed by atoms with Crippen LogP contribution in [0.3, 0.4) is 0 Å². The molecule has 1 aliphatic rings. The van der Waals surface area contributed by atoms with Crippen molar-refractivity contribution in [2.45, 2.75) is 30.8 Å².